The lowest BCUT2D eigenvalue weighted by Gasteiger charge is -2.32. The van der Waals surface area contributed by atoms with Crippen LogP contribution in [0.2, 0.25) is 0 Å². The molecule has 2 atom stereocenters. The molecule has 1 aromatic rings. The maximum atomic E-state index is 15.3. The monoisotopic (exact) mass is 530 g/mol. The zero-order valence-corrected chi connectivity index (χ0v) is 23.6. The van der Waals surface area contributed by atoms with Gasteiger partial charge in [-0.3, -0.25) is 4.79 Å². The van der Waals surface area contributed by atoms with Crippen LogP contribution in [0.3, 0.4) is 0 Å². The molecule has 2 aliphatic heterocycles. The van der Waals surface area contributed by atoms with E-state index in [1.54, 1.807) is 12.2 Å². The van der Waals surface area contributed by atoms with Gasteiger partial charge in [-0.1, -0.05) is 49.5 Å². The predicted octanol–water partition coefficient (Wildman–Crippen LogP) is 7.56. The van der Waals surface area contributed by atoms with Crippen molar-refractivity contribution in [3.63, 3.8) is 0 Å². The third-order valence-electron chi connectivity index (χ3n) is 7.94. The lowest BCUT2D eigenvalue weighted by molar-refractivity contribution is -0.112. The molecule has 4 rings (SSSR count). The highest BCUT2D eigenvalue weighted by molar-refractivity contribution is 6.03. The Morgan fingerprint density at radius 3 is 2.54 bits per heavy atom. The van der Waals surface area contributed by atoms with Crippen LogP contribution in [-0.2, 0) is 11.2 Å². The van der Waals surface area contributed by atoms with Gasteiger partial charge in [0, 0.05) is 17.8 Å². The number of carbonyl (C=O) groups excluding carboxylic acids is 1. The van der Waals surface area contributed by atoms with E-state index in [-0.39, 0.29) is 29.7 Å². The number of ketones is 1. The zero-order chi connectivity index (χ0) is 28.1. The number of benzene rings is 1. The second-order valence-corrected chi connectivity index (χ2v) is 11.0. The van der Waals surface area contributed by atoms with Crippen LogP contribution in [0.4, 0.5) is 8.78 Å². The molecule has 3 aliphatic rings. The molecule has 0 spiro atoms. The normalized spacial score (nSPS) is 23.1. The third-order valence-corrected chi connectivity index (χ3v) is 7.94. The highest BCUT2D eigenvalue weighted by Gasteiger charge is 2.26. The Kier molecular flexibility index (Phi) is 9.34. The number of rotatable bonds is 8. The fraction of sp³-hybridized carbons (Fsp3) is 0.382. The summed E-state index contributed by atoms with van der Waals surface area (Å²) in [5.74, 6) is -0.274. The largest absolute Gasteiger partial charge is 0.338 e. The Bertz CT molecular complexity index is 1290. The second kappa shape index (κ2) is 12.7. The van der Waals surface area contributed by atoms with E-state index < -0.39 is 11.6 Å². The number of piperidine rings is 1. The first-order chi connectivity index (χ1) is 18.7. The highest BCUT2D eigenvalue weighted by atomic mass is 19.1. The maximum absolute atomic E-state index is 15.3. The van der Waals surface area contributed by atoms with E-state index >= 15 is 4.39 Å². The average Bonchev–Trinajstić information content (AvgIpc) is 2.92. The summed E-state index contributed by atoms with van der Waals surface area (Å²) in [5, 5.41) is 0. The first-order valence-corrected chi connectivity index (χ1v) is 14.0. The molecular formula is C34H40F2N2O. The third kappa shape index (κ3) is 6.65. The van der Waals surface area contributed by atoms with Gasteiger partial charge in [-0.05, 0) is 112 Å². The van der Waals surface area contributed by atoms with Crippen molar-refractivity contribution in [3.05, 3.63) is 113 Å². The number of carbonyl (C=O) groups is 1. The fourth-order valence-electron chi connectivity index (χ4n) is 5.56. The summed E-state index contributed by atoms with van der Waals surface area (Å²) in [6.07, 6.45) is 20.3. The second-order valence-electron chi connectivity index (χ2n) is 11.0. The van der Waals surface area contributed by atoms with E-state index in [4.69, 9.17) is 0 Å². The Morgan fingerprint density at radius 2 is 1.85 bits per heavy atom. The summed E-state index contributed by atoms with van der Waals surface area (Å²) >= 11 is 0. The van der Waals surface area contributed by atoms with Crippen LogP contribution in [0.15, 0.2) is 90.4 Å². The van der Waals surface area contributed by atoms with E-state index in [9.17, 15) is 9.18 Å². The minimum atomic E-state index is -0.433. The summed E-state index contributed by atoms with van der Waals surface area (Å²) in [6.45, 7) is 11.7. The molecule has 0 N–H and O–H groups in total. The smallest absolute Gasteiger partial charge is 0.201 e. The van der Waals surface area contributed by atoms with E-state index in [2.05, 4.69) is 37.6 Å². The fourth-order valence-corrected chi connectivity index (χ4v) is 5.56. The summed E-state index contributed by atoms with van der Waals surface area (Å²) in [6, 6.07) is 2.58. The molecule has 0 saturated carbocycles. The van der Waals surface area contributed by atoms with E-state index in [0.29, 0.717) is 23.6 Å². The summed E-state index contributed by atoms with van der Waals surface area (Å²) < 4.78 is 30.2. The van der Waals surface area contributed by atoms with Crippen LogP contribution in [0.1, 0.15) is 51.2 Å². The summed E-state index contributed by atoms with van der Waals surface area (Å²) in [5.41, 5.74) is 3.68. The molecule has 2 unspecified atom stereocenters. The van der Waals surface area contributed by atoms with Gasteiger partial charge in [0.2, 0.25) is 5.78 Å². The van der Waals surface area contributed by atoms with Gasteiger partial charge in [-0.25, -0.2) is 8.78 Å². The molecule has 2 heterocycles. The average molecular weight is 531 g/mol. The van der Waals surface area contributed by atoms with Crippen molar-refractivity contribution in [2.45, 2.75) is 52.5 Å². The zero-order valence-electron chi connectivity index (χ0n) is 23.6. The van der Waals surface area contributed by atoms with Gasteiger partial charge in [0.15, 0.2) is 0 Å². The number of allylic oxidation sites excluding steroid dienone is 10. The van der Waals surface area contributed by atoms with Crippen LogP contribution in [0, 0.1) is 23.5 Å². The molecule has 0 radical (unpaired) electrons. The van der Waals surface area contributed by atoms with Gasteiger partial charge in [-0.2, -0.15) is 0 Å². The molecule has 1 aromatic carbocycles. The standard InChI is InChI=1S/C34H40F2N2O/c1-6-8-26-20-32(36)30(21-31(26)35)29-19-23(3)9-13-28(29)27-12-10-24(4)38(22-27)33(7-2)34(39)14-11-25-15-17-37(5)18-16-25/h6-7,9-14,20-25H,1,8,15-19H2,2-5H3/b14-11-,33-7-. The molecule has 1 aliphatic carbocycles. The van der Waals surface area contributed by atoms with Crippen LogP contribution in [0.5, 0.6) is 0 Å². The van der Waals surface area contributed by atoms with E-state index in [1.807, 2.05) is 49.3 Å². The molecule has 1 fully saturated rings. The number of hydrogen-bond acceptors (Lipinski definition) is 3. The molecule has 0 amide bonds. The van der Waals surface area contributed by atoms with E-state index in [0.717, 1.165) is 42.7 Å². The van der Waals surface area contributed by atoms with Gasteiger partial charge in [-0.15, -0.1) is 6.58 Å². The van der Waals surface area contributed by atoms with Gasteiger partial charge in [0.05, 0.1) is 5.70 Å². The van der Waals surface area contributed by atoms with Crippen molar-refractivity contribution in [1.29, 1.82) is 0 Å². The van der Waals surface area contributed by atoms with Crippen molar-refractivity contribution < 1.29 is 13.6 Å². The molecular weight excluding hydrogens is 490 g/mol. The molecule has 206 valence electrons. The lowest BCUT2D eigenvalue weighted by Crippen LogP contribution is -2.32. The van der Waals surface area contributed by atoms with Crippen molar-refractivity contribution in [3.8, 4) is 0 Å². The van der Waals surface area contributed by atoms with Gasteiger partial charge < -0.3 is 9.80 Å². The first kappa shape index (κ1) is 28.7. The Labute approximate surface area is 232 Å². The molecule has 0 aromatic heterocycles. The molecule has 0 bridgehead atoms. The van der Waals surface area contributed by atoms with Crippen LogP contribution < -0.4 is 0 Å². The van der Waals surface area contributed by atoms with Gasteiger partial charge in [0.25, 0.3) is 0 Å². The Balaban J connectivity index is 1.67. The SMILES string of the molecule is C=CCc1cc(F)c(C2=C(C3=CN(/C(=C\C)C(=O)/C=C\C4CCN(C)CC4)C(C)C=C3)C=CC(C)C2)cc1F. The van der Waals surface area contributed by atoms with Gasteiger partial charge >= 0.3 is 0 Å². The van der Waals surface area contributed by atoms with Crippen molar-refractivity contribution in [2.24, 2.45) is 11.8 Å². The first-order valence-electron chi connectivity index (χ1n) is 14.0. The highest BCUT2D eigenvalue weighted by Crippen LogP contribution is 2.38. The number of nitrogens with zero attached hydrogens (tertiary/aromatic N) is 2. The van der Waals surface area contributed by atoms with Crippen LogP contribution >= 0.6 is 0 Å². The van der Waals surface area contributed by atoms with Crippen molar-refractivity contribution in [2.75, 3.05) is 20.1 Å². The molecule has 39 heavy (non-hydrogen) atoms. The quantitative estimate of drug-likeness (QED) is 0.256. The molecule has 5 heteroatoms. The Hall–Kier alpha value is -3.31. The minimum absolute atomic E-state index is 0.0245. The lowest BCUT2D eigenvalue weighted by atomic mass is 9.82. The number of hydrogen-bond donors (Lipinski definition) is 0. The minimum Gasteiger partial charge on any atom is -0.338 e. The van der Waals surface area contributed by atoms with Crippen molar-refractivity contribution >= 4 is 11.4 Å². The predicted molar refractivity (Wildman–Crippen MR) is 157 cm³/mol. The Morgan fingerprint density at radius 1 is 1.10 bits per heavy atom. The topological polar surface area (TPSA) is 23.6 Å². The number of halogens is 2. The van der Waals surface area contributed by atoms with Crippen LogP contribution in [-0.4, -0.2) is 41.8 Å². The van der Waals surface area contributed by atoms with Crippen molar-refractivity contribution in [1.82, 2.24) is 9.80 Å². The summed E-state index contributed by atoms with van der Waals surface area (Å²) in [4.78, 5) is 17.6. The maximum Gasteiger partial charge on any atom is 0.201 e. The molecule has 1 saturated heterocycles. The van der Waals surface area contributed by atoms with Crippen LogP contribution in [0.25, 0.3) is 5.57 Å². The molecule has 3 nitrogen and oxygen atoms in total. The number of likely N-dealkylation sites (tertiary alicyclic amines) is 1. The van der Waals surface area contributed by atoms with Gasteiger partial charge in [0.1, 0.15) is 11.6 Å². The summed E-state index contributed by atoms with van der Waals surface area (Å²) in [7, 11) is 2.13. The van der Waals surface area contributed by atoms with E-state index in [1.165, 1.54) is 12.1 Å².